The molecule has 1 aliphatic rings. The van der Waals surface area contributed by atoms with Crippen molar-refractivity contribution in [3.63, 3.8) is 0 Å². The molecule has 65 heavy (non-hydrogen) atoms. The summed E-state index contributed by atoms with van der Waals surface area (Å²) in [6.07, 6.45) is 8.21. The van der Waals surface area contributed by atoms with Gasteiger partial charge in [-0.25, -0.2) is 0 Å². The lowest BCUT2D eigenvalue weighted by molar-refractivity contribution is 1.48. The Balaban J connectivity index is 0.000000146. The zero-order valence-electron chi connectivity index (χ0n) is 36.6. The third-order valence-corrected chi connectivity index (χ3v) is 11.3. The molecule has 10 rings (SSSR count). The molecule has 0 radical (unpaired) electrons. The number of nitrogens with two attached hydrogens (primary N) is 1. The number of para-hydroxylation sites is 2. The highest BCUT2D eigenvalue weighted by atomic mass is 32.2. The van der Waals surface area contributed by atoms with E-state index >= 15 is 0 Å². The molecule has 9 aromatic rings. The molecule has 0 spiro atoms. The zero-order valence-corrected chi connectivity index (χ0v) is 37.4. The first-order valence-corrected chi connectivity index (χ1v) is 22.5. The number of thioether (sulfide) groups is 1. The van der Waals surface area contributed by atoms with Crippen LogP contribution in [0.5, 0.6) is 0 Å². The summed E-state index contributed by atoms with van der Waals surface area (Å²) in [6, 6.07) is 80.9. The first kappa shape index (κ1) is 45.0. The van der Waals surface area contributed by atoms with Gasteiger partial charge in [-0.15, -0.1) is 0 Å². The van der Waals surface area contributed by atoms with Crippen LogP contribution in [0.15, 0.2) is 278 Å². The predicted molar refractivity (Wildman–Crippen MR) is 286 cm³/mol. The molecular weight excluding hydrogens is 807 g/mol. The second-order valence-electron chi connectivity index (χ2n) is 15.0. The molecule has 0 atom stereocenters. The topological polar surface area (TPSA) is 50.1 Å². The molecule has 0 amide bonds. The minimum absolute atomic E-state index is 0.788. The SMILES string of the molecule is C=C1/C=C\C=C/S/C(c2cc(-c3ccc4cc(N)ccc4c3)ccc2NC)=C\1.c1ccc(-c2ccccc2)cc1.c1ccc(Nc2ccccc2-c2ccccc2)cc1.c1ccccc1. The Morgan fingerprint density at radius 1 is 0.431 bits per heavy atom. The maximum atomic E-state index is 5.91. The number of benzene rings is 9. The van der Waals surface area contributed by atoms with Crippen molar-refractivity contribution in [1.82, 2.24) is 0 Å². The van der Waals surface area contributed by atoms with E-state index in [-0.39, 0.29) is 0 Å². The normalized spacial score (nSPS) is 13.2. The Bertz CT molecular complexity index is 2900. The number of nitrogens with one attached hydrogen (secondary N) is 2. The highest BCUT2D eigenvalue weighted by Gasteiger charge is 2.11. The van der Waals surface area contributed by atoms with Gasteiger partial charge in [-0.05, 0) is 104 Å². The monoisotopic (exact) mass is 859 g/mol. The van der Waals surface area contributed by atoms with E-state index in [4.69, 9.17) is 5.73 Å². The first-order chi connectivity index (χ1) is 32.0. The van der Waals surface area contributed by atoms with Gasteiger partial charge in [0.1, 0.15) is 0 Å². The largest absolute Gasteiger partial charge is 0.399 e. The van der Waals surface area contributed by atoms with Gasteiger partial charge in [0.15, 0.2) is 0 Å². The molecular formula is C61H53N3S. The van der Waals surface area contributed by atoms with Gasteiger partial charge in [0.05, 0.1) is 0 Å². The van der Waals surface area contributed by atoms with Crippen LogP contribution >= 0.6 is 11.8 Å². The van der Waals surface area contributed by atoms with Crippen LogP contribution in [0, 0.1) is 0 Å². The number of rotatable bonds is 7. The Kier molecular flexibility index (Phi) is 16.6. The number of allylic oxidation sites excluding steroid dienone is 5. The number of fused-ring (bicyclic) bond motifs is 1. The number of hydrogen-bond acceptors (Lipinski definition) is 4. The van der Waals surface area contributed by atoms with Gasteiger partial charge < -0.3 is 16.4 Å². The first-order valence-electron chi connectivity index (χ1n) is 21.6. The minimum Gasteiger partial charge on any atom is -0.399 e. The van der Waals surface area contributed by atoms with Crippen molar-refractivity contribution in [2.75, 3.05) is 23.4 Å². The van der Waals surface area contributed by atoms with Crippen LogP contribution in [0.3, 0.4) is 0 Å². The van der Waals surface area contributed by atoms with Gasteiger partial charge in [-0.3, -0.25) is 0 Å². The molecule has 1 aliphatic heterocycles. The van der Waals surface area contributed by atoms with Crippen LogP contribution in [-0.2, 0) is 0 Å². The summed E-state index contributed by atoms with van der Waals surface area (Å²) in [5, 5.41) is 11.2. The van der Waals surface area contributed by atoms with E-state index in [0.717, 1.165) is 33.7 Å². The van der Waals surface area contributed by atoms with Crippen molar-refractivity contribution in [1.29, 1.82) is 0 Å². The van der Waals surface area contributed by atoms with Crippen LogP contribution in [0.4, 0.5) is 22.7 Å². The molecule has 4 heteroatoms. The Hall–Kier alpha value is -8.05. The van der Waals surface area contributed by atoms with E-state index in [2.05, 4.69) is 180 Å². The molecule has 4 N–H and O–H groups in total. The summed E-state index contributed by atoms with van der Waals surface area (Å²) < 4.78 is 0. The Morgan fingerprint density at radius 3 is 1.57 bits per heavy atom. The van der Waals surface area contributed by atoms with E-state index in [0.29, 0.717) is 0 Å². The zero-order chi connectivity index (χ0) is 44.9. The lowest BCUT2D eigenvalue weighted by Crippen LogP contribution is -1.95. The summed E-state index contributed by atoms with van der Waals surface area (Å²) in [4.78, 5) is 1.17. The quantitative estimate of drug-likeness (QED) is 0.140. The van der Waals surface area contributed by atoms with Gasteiger partial charge in [0, 0.05) is 45.8 Å². The average Bonchev–Trinajstić information content (AvgIpc) is 3.37. The summed E-state index contributed by atoms with van der Waals surface area (Å²) in [6.45, 7) is 4.13. The number of hydrogen-bond donors (Lipinski definition) is 3. The third-order valence-electron chi connectivity index (χ3n) is 10.4. The summed E-state index contributed by atoms with van der Waals surface area (Å²) in [7, 11) is 1.96. The molecule has 0 saturated heterocycles. The van der Waals surface area contributed by atoms with E-state index in [1.165, 1.54) is 49.2 Å². The molecule has 3 nitrogen and oxygen atoms in total. The van der Waals surface area contributed by atoms with E-state index in [1.807, 2.05) is 110 Å². The molecule has 0 aliphatic carbocycles. The molecule has 9 aromatic carbocycles. The number of nitrogen functional groups attached to an aromatic ring is 1. The van der Waals surface area contributed by atoms with Gasteiger partial charge in [0.25, 0.3) is 0 Å². The van der Waals surface area contributed by atoms with E-state index < -0.39 is 0 Å². The molecule has 1 heterocycles. The van der Waals surface area contributed by atoms with Crippen LogP contribution < -0.4 is 16.4 Å². The Labute approximate surface area is 389 Å². The molecule has 0 aromatic heterocycles. The van der Waals surface area contributed by atoms with Crippen LogP contribution in [0.2, 0.25) is 0 Å². The van der Waals surface area contributed by atoms with Crippen molar-refractivity contribution in [3.8, 4) is 33.4 Å². The van der Waals surface area contributed by atoms with Crippen molar-refractivity contribution < 1.29 is 0 Å². The van der Waals surface area contributed by atoms with Crippen LogP contribution in [0.25, 0.3) is 49.1 Å². The van der Waals surface area contributed by atoms with Gasteiger partial charge in [-0.2, -0.15) is 0 Å². The average molecular weight is 860 g/mol. The van der Waals surface area contributed by atoms with E-state index in [9.17, 15) is 0 Å². The van der Waals surface area contributed by atoms with Gasteiger partial charge in [-0.1, -0.05) is 225 Å². The molecule has 318 valence electrons. The lowest BCUT2D eigenvalue weighted by atomic mass is 9.98. The minimum atomic E-state index is 0.788. The maximum absolute atomic E-state index is 5.91. The fourth-order valence-corrected chi connectivity index (χ4v) is 7.93. The summed E-state index contributed by atoms with van der Waals surface area (Å²) in [5.74, 6) is 0. The van der Waals surface area contributed by atoms with Crippen LogP contribution in [-0.4, -0.2) is 7.05 Å². The third kappa shape index (κ3) is 13.5. The van der Waals surface area contributed by atoms with Gasteiger partial charge in [0.2, 0.25) is 0 Å². The second kappa shape index (κ2) is 24.0. The van der Waals surface area contributed by atoms with Crippen LogP contribution in [0.1, 0.15) is 5.56 Å². The fraction of sp³-hybridized carbons (Fsp3) is 0.0164. The van der Waals surface area contributed by atoms with Gasteiger partial charge >= 0.3 is 0 Å². The van der Waals surface area contributed by atoms with Crippen molar-refractivity contribution in [2.24, 2.45) is 0 Å². The van der Waals surface area contributed by atoms with Crippen molar-refractivity contribution >= 4 is 50.2 Å². The summed E-state index contributed by atoms with van der Waals surface area (Å²) >= 11 is 1.71. The molecule has 0 bridgehead atoms. The molecule has 0 fully saturated rings. The second-order valence-corrected chi connectivity index (χ2v) is 16.0. The highest BCUT2D eigenvalue weighted by Crippen LogP contribution is 2.38. The standard InChI is InChI=1S/C25H22N2S.C18H15N.C12H10.C6H6/c1-17-5-3-4-12-28-25(13-17)23-16-21(9-11-24(23)27-2)18-6-7-20-15-22(26)10-8-19(20)14-18;1-3-9-15(10-4-1)17-13-7-8-14-18(17)19-16-11-5-2-6-12-16;1-3-7-11(8-4-1)12-9-5-2-6-10-12;1-2-4-6-5-3-1/h3-16,27H,1,26H2,2H3;1-14,19H;1-10H;1-6H/b5-3-,12-4-,25-13-;;;. The maximum Gasteiger partial charge on any atom is 0.0463 e. The lowest BCUT2D eigenvalue weighted by Gasteiger charge is -2.15. The van der Waals surface area contributed by atoms with Crippen molar-refractivity contribution in [2.45, 2.75) is 0 Å². The fourth-order valence-electron chi connectivity index (χ4n) is 7.10. The smallest absolute Gasteiger partial charge is 0.0463 e. The highest BCUT2D eigenvalue weighted by molar-refractivity contribution is 8.10. The Morgan fingerprint density at radius 2 is 0.938 bits per heavy atom. The van der Waals surface area contributed by atoms with E-state index in [1.54, 1.807) is 11.8 Å². The van der Waals surface area contributed by atoms with Crippen molar-refractivity contribution in [3.05, 3.63) is 284 Å². The number of anilines is 4. The predicted octanol–water partition coefficient (Wildman–Crippen LogP) is 17.0. The molecule has 0 saturated carbocycles. The summed E-state index contributed by atoms with van der Waals surface area (Å²) in [5.41, 5.74) is 19.5. The molecule has 0 unspecified atom stereocenters.